The van der Waals surface area contributed by atoms with Crippen LogP contribution in [0.3, 0.4) is 0 Å². The quantitative estimate of drug-likeness (QED) is 0.677. The number of carbonyl (C=O) groups excluding carboxylic acids is 1. The van der Waals surface area contributed by atoms with Gasteiger partial charge in [0, 0.05) is 30.1 Å². The van der Waals surface area contributed by atoms with Crippen molar-refractivity contribution >= 4 is 23.2 Å². The molecule has 1 atom stereocenters. The lowest BCUT2D eigenvalue weighted by atomic mass is 10.1. The molecule has 2 heterocycles. The van der Waals surface area contributed by atoms with Gasteiger partial charge in [0.2, 0.25) is 0 Å². The predicted molar refractivity (Wildman–Crippen MR) is 107 cm³/mol. The fourth-order valence-corrected chi connectivity index (χ4v) is 2.97. The van der Waals surface area contributed by atoms with Gasteiger partial charge in [0.05, 0.1) is 35.2 Å². The van der Waals surface area contributed by atoms with Crippen molar-refractivity contribution in [3.05, 3.63) is 76.3 Å². The SMILES string of the molecule is Cc1c([C@@H](C)NC(=O)c2ccc(Cl)c(NCc3ccccn3)c2)cnn1C. The highest BCUT2D eigenvalue weighted by Gasteiger charge is 2.16. The van der Waals surface area contributed by atoms with Gasteiger partial charge in [-0.1, -0.05) is 17.7 Å². The molecule has 7 heteroatoms. The zero-order valence-electron chi connectivity index (χ0n) is 15.5. The summed E-state index contributed by atoms with van der Waals surface area (Å²) in [6.07, 6.45) is 3.52. The molecule has 3 rings (SSSR count). The summed E-state index contributed by atoms with van der Waals surface area (Å²) in [6.45, 7) is 4.45. The van der Waals surface area contributed by atoms with E-state index in [9.17, 15) is 4.79 Å². The average Bonchev–Trinajstić information content (AvgIpc) is 3.00. The summed E-state index contributed by atoms with van der Waals surface area (Å²) in [6, 6.07) is 10.8. The van der Waals surface area contributed by atoms with E-state index in [1.54, 1.807) is 35.3 Å². The first-order valence-electron chi connectivity index (χ1n) is 8.68. The molecule has 0 saturated heterocycles. The monoisotopic (exact) mass is 383 g/mol. The minimum Gasteiger partial charge on any atom is -0.378 e. The second-order valence-corrected chi connectivity index (χ2v) is 6.78. The fraction of sp³-hybridized carbons (Fsp3) is 0.250. The van der Waals surface area contributed by atoms with Gasteiger partial charge in [0.15, 0.2) is 0 Å². The van der Waals surface area contributed by atoms with Crippen LogP contribution in [0.25, 0.3) is 0 Å². The number of aryl methyl sites for hydroxylation is 1. The Morgan fingerprint density at radius 3 is 2.78 bits per heavy atom. The molecule has 1 amide bonds. The number of nitrogens with zero attached hydrogens (tertiary/aromatic N) is 3. The zero-order valence-corrected chi connectivity index (χ0v) is 16.3. The fourth-order valence-electron chi connectivity index (χ4n) is 2.79. The number of amides is 1. The molecular formula is C20H22ClN5O. The van der Waals surface area contributed by atoms with E-state index in [2.05, 4.69) is 20.7 Å². The van der Waals surface area contributed by atoms with E-state index >= 15 is 0 Å². The number of anilines is 1. The Hall–Kier alpha value is -2.86. The first kappa shape index (κ1) is 18.9. The van der Waals surface area contributed by atoms with Crippen LogP contribution >= 0.6 is 11.6 Å². The smallest absolute Gasteiger partial charge is 0.251 e. The van der Waals surface area contributed by atoms with Crippen LogP contribution in [0, 0.1) is 6.92 Å². The molecule has 0 radical (unpaired) electrons. The molecule has 2 aromatic heterocycles. The van der Waals surface area contributed by atoms with Crippen LogP contribution in [0.2, 0.25) is 5.02 Å². The van der Waals surface area contributed by atoms with Gasteiger partial charge in [-0.25, -0.2) is 0 Å². The predicted octanol–water partition coefficient (Wildman–Crippen LogP) is 3.88. The maximum Gasteiger partial charge on any atom is 0.251 e. The third-order valence-corrected chi connectivity index (χ3v) is 4.83. The topological polar surface area (TPSA) is 71.8 Å². The second-order valence-electron chi connectivity index (χ2n) is 6.37. The van der Waals surface area contributed by atoms with Gasteiger partial charge >= 0.3 is 0 Å². The summed E-state index contributed by atoms with van der Waals surface area (Å²) >= 11 is 6.27. The molecule has 2 N–H and O–H groups in total. The van der Waals surface area contributed by atoms with E-state index in [0.29, 0.717) is 22.8 Å². The number of carbonyl (C=O) groups is 1. The minimum atomic E-state index is -0.164. The summed E-state index contributed by atoms with van der Waals surface area (Å²) < 4.78 is 1.79. The molecule has 27 heavy (non-hydrogen) atoms. The van der Waals surface area contributed by atoms with Gasteiger partial charge in [-0.2, -0.15) is 5.10 Å². The van der Waals surface area contributed by atoms with E-state index in [4.69, 9.17) is 11.6 Å². The van der Waals surface area contributed by atoms with Crippen LogP contribution in [0.5, 0.6) is 0 Å². The summed E-state index contributed by atoms with van der Waals surface area (Å²) in [4.78, 5) is 16.9. The number of halogens is 1. The third-order valence-electron chi connectivity index (χ3n) is 4.50. The standard InChI is InChI=1S/C20H22ClN5O/c1-13(17-12-24-26(3)14(17)2)25-20(27)15-7-8-18(21)19(10-15)23-11-16-6-4-5-9-22-16/h4-10,12-13,23H,11H2,1-3H3,(H,25,27)/t13-/m1/s1. The van der Waals surface area contributed by atoms with Crippen molar-refractivity contribution in [2.45, 2.75) is 26.4 Å². The number of nitrogens with one attached hydrogen (secondary N) is 2. The lowest BCUT2D eigenvalue weighted by Gasteiger charge is -2.15. The average molecular weight is 384 g/mol. The van der Waals surface area contributed by atoms with Gasteiger partial charge < -0.3 is 10.6 Å². The zero-order chi connectivity index (χ0) is 19.4. The first-order chi connectivity index (χ1) is 13.0. The Morgan fingerprint density at radius 1 is 1.30 bits per heavy atom. The highest BCUT2D eigenvalue weighted by molar-refractivity contribution is 6.33. The largest absolute Gasteiger partial charge is 0.378 e. The maximum absolute atomic E-state index is 12.7. The molecule has 0 spiro atoms. The molecule has 0 unspecified atom stereocenters. The lowest BCUT2D eigenvalue weighted by Crippen LogP contribution is -2.27. The second kappa shape index (κ2) is 8.22. The minimum absolute atomic E-state index is 0.146. The van der Waals surface area contributed by atoms with Crippen LogP contribution in [0.4, 0.5) is 5.69 Å². The van der Waals surface area contributed by atoms with E-state index < -0.39 is 0 Å². The summed E-state index contributed by atoms with van der Waals surface area (Å²) in [5.41, 5.74) is 4.14. The summed E-state index contributed by atoms with van der Waals surface area (Å²) in [5.74, 6) is -0.164. The van der Waals surface area contributed by atoms with Gasteiger partial charge in [-0.15, -0.1) is 0 Å². The van der Waals surface area contributed by atoms with Crippen LogP contribution in [-0.4, -0.2) is 20.7 Å². The van der Waals surface area contributed by atoms with Crippen molar-refractivity contribution in [3.8, 4) is 0 Å². The van der Waals surface area contributed by atoms with Crippen LogP contribution in [-0.2, 0) is 13.6 Å². The Bertz CT molecular complexity index is 939. The molecule has 6 nitrogen and oxygen atoms in total. The lowest BCUT2D eigenvalue weighted by molar-refractivity contribution is 0.0940. The number of pyridine rings is 1. The van der Waals surface area contributed by atoms with Crippen molar-refractivity contribution in [2.75, 3.05) is 5.32 Å². The van der Waals surface area contributed by atoms with Gasteiger partial charge in [0.1, 0.15) is 0 Å². The van der Waals surface area contributed by atoms with E-state index in [-0.39, 0.29) is 11.9 Å². The van der Waals surface area contributed by atoms with E-state index in [0.717, 1.165) is 17.0 Å². The van der Waals surface area contributed by atoms with Crippen molar-refractivity contribution in [1.29, 1.82) is 0 Å². The molecule has 0 fully saturated rings. The molecule has 0 saturated carbocycles. The van der Waals surface area contributed by atoms with Crippen molar-refractivity contribution in [3.63, 3.8) is 0 Å². The molecular weight excluding hydrogens is 362 g/mol. The summed E-state index contributed by atoms with van der Waals surface area (Å²) in [7, 11) is 1.88. The van der Waals surface area contributed by atoms with Crippen molar-refractivity contribution in [2.24, 2.45) is 7.05 Å². The van der Waals surface area contributed by atoms with Gasteiger partial charge in [-0.3, -0.25) is 14.5 Å². The normalized spacial score (nSPS) is 11.9. The molecule has 0 aliphatic carbocycles. The highest BCUT2D eigenvalue weighted by Crippen LogP contribution is 2.24. The Kier molecular flexibility index (Phi) is 5.76. The van der Waals surface area contributed by atoms with Gasteiger partial charge in [0.25, 0.3) is 5.91 Å². The van der Waals surface area contributed by atoms with Crippen LogP contribution in [0.15, 0.2) is 48.8 Å². The number of hydrogen-bond acceptors (Lipinski definition) is 4. The Balaban J connectivity index is 1.70. The van der Waals surface area contributed by atoms with Crippen molar-refractivity contribution in [1.82, 2.24) is 20.1 Å². The Morgan fingerprint density at radius 2 is 2.11 bits per heavy atom. The van der Waals surface area contributed by atoms with Gasteiger partial charge in [-0.05, 0) is 44.2 Å². The molecule has 1 aromatic carbocycles. The Labute approximate surface area is 163 Å². The third kappa shape index (κ3) is 4.46. The molecule has 0 bridgehead atoms. The van der Waals surface area contributed by atoms with Crippen LogP contribution in [0.1, 0.15) is 40.3 Å². The maximum atomic E-state index is 12.7. The number of benzene rings is 1. The van der Waals surface area contributed by atoms with Crippen LogP contribution < -0.4 is 10.6 Å². The highest BCUT2D eigenvalue weighted by atomic mass is 35.5. The molecule has 140 valence electrons. The first-order valence-corrected chi connectivity index (χ1v) is 9.06. The van der Waals surface area contributed by atoms with E-state index in [1.807, 2.05) is 39.1 Å². The summed E-state index contributed by atoms with van der Waals surface area (Å²) in [5, 5.41) is 11.0. The molecule has 0 aliphatic heterocycles. The number of aromatic nitrogens is 3. The molecule has 0 aliphatic rings. The molecule has 3 aromatic rings. The van der Waals surface area contributed by atoms with E-state index in [1.165, 1.54) is 0 Å². The van der Waals surface area contributed by atoms with Crippen molar-refractivity contribution < 1.29 is 4.79 Å². The number of rotatable bonds is 6. The number of hydrogen-bond donors (Lipinski definition) is 2.